The Morgan fingerprint density at radius 3 is 2.44 bits per heavy atom. The summed E-state index contributed by atoms with van der Waals surface area (Å²) in [6, 6.07) is 0. The first-order valence-electron chi connectivity index (χ1n) is 3.86. The SMILES string of the molecule is CCC=C(C)C1(C)CC1. The van der Waals surface area contributed by atoms with Crippen molar-refractivity contribution in [2.24, 2.45) is 5.41 Å². The molecule has 0 N–H and O–H groups in total. The van der Waals surface area contributed by atoms with Crippen molar-refractivity contribution in [2.75, 3.05) is 0 Å². The molecule has 0 aromatic heterocycles. The minimum atomic E-state index is 0.621. The van der Waals surface area contributed by atoms with E-state index in [0.717, 1.165) is 0 Å². The third-order valence-electron chi connectivity index (χ3n) is 2.46. The average Bonchev–Trinajstić information content (AvgIpc) is 2.50. The van der Waals surface area contributed by atoms with E-state index in [2.05, 4.69) is 26.8 Å². The smallest absolute Gasteiger partial charge is 0.0119 e. The van der Waals surface area contributed by atoms with Gasteiger partial charge in [0.2, 0.25) is 0 Å². The monoisotopic (exact) mass is 124 g/mol. The lowest BCUT2D eigenvalue weighted by Gasteiger charge is -2.06. The first-order chi connectivity index (χ1) is 4.19. The maximum Gasteiger partial charge on any atom is -0.0119 e. The van der Waals surface area contributed by atoms with Gasteiger partial charge in [0.25, 0.3) is 0 Å². The standard InChI is InChI=1S/C9H16/c1-4-5-8(2)9(3)6-7-9/h5H,4,6-7H2,1-3H3. The van der Waals surface area contributed by atoms with Crippen molar-refractivity contribution in [3.8, 4) is 0 Å². The van der Waals surface area contributed by atoms with E-state index in [-0.39, 0.29) is 0 Å². The van der Waals surface area contributed by atoms with Crippen LogP contribution >= 0.6 is 0 Å². The summed E-state index contributed by atoms with van der Waals surface area (Å²) in [5.41, 5.74) is 2.22. The van der Waals surface area contributed by atoms with Gasteiger partial charge in [0.15, 0.2) is 0 Å². The molecule has 1 saturated carbocycles. The average molecular weight is 124 g/mol. The highest BCUT2D eigenvalue weighted by Gasteiger charge is 2.38. The fourth-order valence-electron chi connectivity index (χ4n) is 1.13. The molecule has 0 aromatic carbocycles. The van der Waals surface area contributed by atoms with Crippen molar-refractivity contribution in [1.82, 2.24) is 0 Å². The van der Waals surface area contributed by atoms with E-state index in [0.29, 0.717) is 5.41 Å². The molecule has 0 radical (unpaired) electrons. The topological polar surface area (TPSA) is 0 Å². The van der Waals surface area contributed by atoms with Gasteiger partial charge in [-0.15, -0.1) is 0 Å². The third-order valence-corrected chi connectivity index (χ3v) is 2.46. The molecule has 0 bridgehead atoms. The van der Waals surface area contributed by atoms with Gasteiger partial charge in [-0.3, -0.25) is 0 Å². The Morgan fingerprint density at radius 2 is 2.11 bits per heavy atom. The largest absolute Gasteiger partial charge is 0.0853 e. The molecule has 0 nitrogen and oxygen atoms in total. The molecular weight excluding hydrogens is 108 g/mol. The normalized spacial score (nSPS) is 24.1. The first kappa shape index (κ1) is 6.85. The van der Waals surface area contributed by atoms with Crippen LogP contribution in [0, 0.1) is 5.41 Å². The highest BCUT2D eigenvalue weighted by molar-refractivity contribution is 5.17. The number of hydrogen-bond donors (Lipinski definition) is 0. The Bertz CT molecular complexity index is 127. The van der Waals surface area contributed by atoms with Crippen molar-refractivity contribution >= 4 is 0 Å². The zero-order valence-corrected chi connectivity index (χ0v) is 6.70. The zero-order chi connectivity index (χ0) is 6.91. The molecule has 0 unspecified atom stereocenters. The molecule has 0 spiro atoms. The molecule has 1 aliphatic rings. The molecule has 9 heavy (non-hydrogen) atoms. The summed E-state index contributed by atoms with van der Waals surface area (Å²) in [6.07, 6.45) is 6.37. The van der Waals surface area contributed by atoms with Gasteiger partial charge in [-0.1, -0.05) is 25.5 Å². The third kappa shape index (κ3) is 1.35. The van der Waals surface area contributed by atoms with Crippen LogP contribution in [0.25, 0.3) is 0 Å². The number of hydrogen-bond acceptors (Lipinski definition) is 0. The van der Waals surface area contributed by atoms with E-state index in [9.17, 15) is 0 Å². The Balaban J connectivity index is 2.51. The van der Waals surface area contributed by atoms with Gasteiger partial charge in [-0.2, -0.15) is 0 Å². The van der Waals surface area contributed by atoms with E-state index in [1.54, 1.807) is 5.57 Å². The van der Waals surface area contributed by atoms with E-state index in [4.69, 9.17) is 0 Å². The Morgan fingerprint density at radius 1 is 1.56 bits per heavy atom. The van der Waals surface area contributed by atoms with E-state index < -0.39 is 0 Å². The van der Waals surface area contributed by atoms with Gasteiger partial charge < -0.3 is 0 Å². The molecule has 1 fully saturated rings. The summed E-state index contributed by atoms with van der Waals surface area (Å²) in [7, 11) is 0. The maximum absolute atomic E-state index is 2.36. The van der Waals surface area contributed by atoms with Crippen LogP contribution in [0.1, 0.15) is 40.0 Å². The van der Waals surface area contributed by atoms with Crippen LogP contribution in [-0.4, -0.2) is 0 Å². The van der Waals surface area contributed by atoms with Gasteiger partial charge in [-0.05, 0) is 31.6 Å². The summed E-state index contributed by atoms with van der Waals surface area (Å²) in [5, 5.41) is 0. The summed E-state index contributed by atoms with van der Waals surface area (Å²) in [5.74, 6) is 0. The molecule has 0 heterocycles. The molecule has 1 aliphatic carbocycles. The number of rotatable bonds is 2. The highest BCUT2D eigenvalue weighted by Crippen LogP contribution is 2.51. The molecule has 52 valence electrons. The molecule has 0 aromatic rings. The zero-order valence-electron chi connectivity index (χ0n) is 6.70. The van der Waals surface area contributed by atoms with E-state index in [1.807, 2.05) is 0 Å². The predicted octanol–water partition coefficient (Wildman–Crippen LogP) is 3.14. The summed E-state index contributed by atoms with van der Waals surface area (Å²) in [6.45, 7) is 6.82. The molecule has 0 saturated heterocycles. The molecule has 1 rings (SSSR count). The summed E-state index contributed by atoms with van der Waals surface area (Å²) in [4.78, 5) is 0. The van der Waals surface area contributed by atoms with Gasteiger partial charge >= 0.3 is 0 Å². The van der Waals surface area contributed by atoms with Gasteiger partial charge in [0.05, 0.1) is 0 Å². The van der Waals surface area contributed by atoms with E-state index in [1.165, 1.54) is 19.3 Å². The Kier molecular flexibility index (Phi) is 1.65. The molecule has 0 heteroatoms. The van der Waals surface area contributed by atoms with Crippen molar-refractivity contribution in [3.05, 3.63) is 11.6 Å². The van der Waals surface area contributed by atoms with Crippen LogP contribution in [0.2, 0.25) is 0 Å². The van der Waals surface area contributed by atoms with Crippen LogP contribution in [0.5, 0.6) is 0 Å². The minimum Gasteiger partial charge on any atom is -0.0853 e. The maximum atomic E-state index is 2.36. The van der Waals surface area contributed by atoms with Crippen molar-refractivity contribution in [2.45, 2.75) is 40.0 Å². The van der Waals surface area contributed by atoms with Crippen molar-refractivity contribution in [3.63, 3.8) is 0 Å². The predicted molar refractivity (Wildman–Crippen MR) is 41.4 cm³/mol. The quantitative estimate of drug-likeness (QED) is 0.496. The van der Waals surface area contributed by atoms with Crippen molar-refractivity contribution < 1.29 is 0 Å². The second-order valence-corrected chi connectivity index (χ2v) is 3.36. The fourth-order valence-corrected chi connectivity index (χ4v) is 1.13. The van der Waals surface area contributed by atoms with Gasteiger partial charge in [0.1, 0.15) is 0 Å². The highest BCUT2D eigenvalue weighted by atomic mass is 14.4. The first-order valence-corrected chi connectivity index (χ1v) is 3.86. The lowest BCUT2D eigenvalue weighted by Crippen LogP contribution is -1.93. The van der Waals surface area contributed by atoms with E-state index >= 15 is 0 Å². The molecular formula is C9H16. The van der Waals surface area contributed by atoms with Crippen LogP contribution in [0.15, 0.2) is 11.6 Å². The van der Waals surface area contributed by atoms with Gasteiger partial charge in [0, 0.05) is 0 Å². The minimum absolute atomic E-state index is 0.621. The second kappa shape index (κ2) is 2.17. The van der Waals surface area contributed by atoms with Crippen molar-refractivity contribution in [1.29, 1.82) is 0 Å². The fraction of sp³-hybridized carbons (Fsp3) is 0.778. The second-order valence-electron chi connectivity index (χ2n) is 3.36. The lowest BCUT2D eigenvalue weighted by molar-refractivity contribution is 0.684. The van der Waals surface area contributed by atoms with Crippen LogP contribution in [-0.2, 0) is 0 Å². The molecule has 0 aliphatic heterocycles. The Hall–Kier alpha value is -0.260. The van der Waals surface area contributed by atoms with Gasteiger partial charge in [-0.25, -0.2) is 0 Å². The molecule has 0 amide bonds. The van der Waals surface area contributed by atoms with Crippen LogP contribution < -0.4 is 0 Å². The summed E-state index contributed by atoms with van der Waals surface area (Å²) < 4.78 is 0. The Labute approximate surface area is 58.0 Å². The molecule has 0 atom stereocenters. The van der Waals surface area contributed by atoms with Crippen LogP contribution in [0.3, 0.4) is 0 Å². The lowest BCUT2D eigenvalue weighted by atomic mass is 9.99. The summed E-state index contributed by atoms with van der Waals surface area (Å²) >= 11 is 0. The van der Waals surface area contributed by atoms with Crippen LogP contribution in [0.4, 0.5) is 0 Å². The number of allylic oxidation sites excluding steroid dienone is 2.